The predicted octanol–water partition coefficient (Wildman–Crippen LogP) is 3.63. The Morgan fingerprint density at radius 2 is 1.93 bits per heavy atom. The van der Waals surface area contributed by atoms with Gasteiger partial charge in [0.2, 0.25) is 0 Å². The normalized spacial score (nSPS) is 13.2. The summed E-state index contributed by atoms with van der Waals surface area (Å²) in [5.74, 6) is -0.545. The lowest BCUT2D eigenvalue weighted by atomic mass is 9.91. The van der Waals surface area contributed by atoms with Crippen molar-refractivity contribution in [2.45, 2.75) is 18.9 Å². The molecular formula is C22H18N2O4S. The molecule has 0 spiro atoms. The van der Waals surface area contributed by atoms with E-state index < -0.39 is 17.1 Å². The van der Waals surface area contributed by atoms with E-state index in [1.807, 2.05) is 35.7 Å². The number of benzene rings is 2. The summed E-state index contributed by atoms with van der Waals surface area (Å²) >= 11 is 1.32. The molecule has 0 saturated heterocycles. The molecule has 0 radical (unpaired) electrons. The van der Waals surface area contributed by atoms with Crippen molar-refractivity contribution in [3.8, 4) is 0 Å². The molecule has 2 N–H and O–H groups in total. The second-order valence-electron chi connectivity index (χ2n) is 6.77. The zero-order valence-electron chi connectivity index (χ0n) is 15.6. The van der Waals surface area contributed by atoms with Gasteiger partial charge in [-0.25, -0.2) is 4.79 Å². The predicted molar refractivity (Wildman–Crippen MR) is 112 cm³/mol. The molecule has 4 aromatic rings. The molecule has 2 heterocycles. The van der Waals surface area contributed by atoms with E-state index in [2.05, 4.69) is 10.5 Å². The zero-order chi connectivity index (χ0) is 20.4. The summed E-state index contributed by atoms with van der Waals surface area (Å²) in [6, 6.07) is 17.7. The van der Waals surface area contributed by atoms with E-state index >= 15 is 0 Å². The number of carbonyl (C=O) groups is 1. The molecule has 146 valence electrons. The molecule has 0 fully saturated rings. The summed E-state index contributed by atoms with van der Waals surface area (Å²) < 4.78 is 4.73. The third-order valence-electron chi connectivity index (χ3n) is 4.76. The summed E-state index contributed by atoms with van der Waals surface area (Å²) in [6.07, 6.45) is 0.137. The van der Waals surface area contributed by atoms with E-state index in [-0.39, 0.29) is 6.42 Å². The minimum Gasteiger partial charge on any atom is -0.374 e. The van der Waals surface area contributed by atoms with E-state index in [0.29, 0.717) is 27.0 Å². The Labute approximate surface area is 170 Å². The molecule has 0 aliphatic carbocycles. The van der Waals surface area contributed by atoms with Gasteiger partial charge in [-0.1, -0.05) is 41.6 Å². The molecule has 29 heavy (non-hydrogen) atoms. The Kier molecular flexibility index (Phi) is 5.00. The first-order chi connectivity index (χ1) is 14.0. The van der Waals surface area contributed by atoms with Crippen LogP contribution in [0.15, 0.2) is 75.4 Å². The summed E-state index contributed by atoms with van der Waals surface area (Å²) in [7, 11) is 0. The summed E-state index contributed by atoms with van der Waals surface area (Å²) in [6.45, 7) is 1.72. The van der Waals surface area contributed by atoms with Gasteiger partial charge >= 0.3 is 5.63 Å². The maximum atomic E-state index is 13.2. The van der Waals surface area contributed by atoms with Gasteiger partial charge in [-0.2, -0.15) is 0 Å². The van der Waals surface area contributed by atoms with Crippen LogP contribution < -0.4 is 10.9 Å². The van der Waals surface area contributed by atoms with Crippen LogP contribution in [-0.2, 0) is 16.8 Å². The first-order valence-electron chi connectivity index (χ1n) is 8.99. The maximum Gasteiger partial charge on any atom is 0.366 e. The molecule has 1 atom stereocenters. The molecule has 4 rings (SSSR count). The van der Waals surface area contributed by atoms with Crippen LogP contribution in [0.25, 0.3) is 10.8 Å². The molecule has 0 saturated carbocycles. The largest absolute Gasteiger partial charge is 0.374 e. The van der Waals surface area contributed by atoms with Crippen LogP contribution in [0.4, 0.5) is 5.69 Å². The molecule has 7 heteroatoms. The number of thiophene rings is 1. The Balaban J connectivity index is 1.69. The SMILES string of the molecule is Cc1noc(=O)c2ccc(NC(=O)C(O)(Cc3ccccc3)c3cccs3)cc12. The smallest absolute Gasteiger partial charge is 0.366 e. The van der Waals surface area contributed by atoms with Crippen LogP contribution in [-0.4, -0.2) is 16.2 Å². The lowest BCUT2D eigenvalue weighted by Crippen LogP contribution is -2.41. The molecule has 2 aromatic carbocycles. The zero-order valence-corrected chi connectivity index (χ0v) is 16.4. The molecule has 0 bridgehead atoms. The number of aryl methyl sites for hydroxylation is 1. The number of rotatable bonds is 5. The summed E-state index contributed by atoms with van der Waals surface area (Å²) in [4.78, 5) is 25.6. The highest BCUT2D eigenvalue weighted by Crippen LogP contribution is 2.31. The van der Waals surface area contributed by atoms with Gasteiger partial charge in [-0.3, -0.25) is 4.79 Å². The van der Waals surface area contributed by atoms with E-state index in [1.165, 1.54) is 11.3 Å². The molecule has 6 nitrogen and oxygen atoms in total. The standard InChI is InChI=1S/C22H18N2O4S/c1-14-18-12-16(9-10-17(18)20(25)28-24-14)23-21(26)22(27,19-8-5-11-29-19)13-15-6-3-2-4-7-15/h2-12,27H,13H2,1H3,(H,23,26). The Morgan fingerprint density at radius 3 is 2.66 bits per heavy atom. The van der Waals surface area contributed by atoms with Gasteiger partial charge < -0.3 is 14.9 Å². The molecule has 1 unspecified atom stereocenters. The minimum absolute atomic E-state index is 0.137. The average Bonchev–Trinajstić information content (AvgIpc) is 3.27. The van der Waals surface area contributed by atoms with Crippen molar-refractivity contribution >= 4 is 33.7 Å². The Morgan fingerprint density at radius 1 is 1.14 bits per heavy atom. The third-order valence-corrected chi connectivity index (χ3v) is 5.78. The maximum absolute atomic E-state index is 13.2. The number of fused-ring (bicyclic) bond motifs is 1. The van der Waals surface area contributed by atoms with Gasteiger partial charge in [0.25, 0.3) is 5.91 Å². The van der Waals surface area contributed by atoms with Gasteiger partial charge in [0, 0.05) is 22.4 Å². The van der Waals surface area contributed by atoms with Crippen molar-refractivity contribution in [1.82, 2.24) is 5.16 Å². The second-order valence-corrected chi connectivity index (χ2v) is 7.72. The van der Waals surface area contributed by atoms with Crippen LogP contribution in [0, 0.1) is 6.92 Å². The van der Waals surface area contributed by atoms with Crippen molar-refractivity contribution in [2.75, 3.05) is 5.32 Å². The lowest BCUT2D eigenvalue weighted by molar-refractivity contribution is -0.134. The number of hydrogen-bond acceptors (Lipinski definition) is 6. The van der Waals surface area contributed by atoms with Gasteiger partial charge in [-0.05, 0) is 42.1 Å². The summed E-state index contributed by atoms with van der Waals surface area (Å²) in [5, 5.41) is 20.7. The fourth-order valence-electron chi connectivity index (χ4n) is 3.23. The van der Waals surface area contributed by atoms with Crippen molar-refractivity contribution in [1.29, 1.82) is 0 Å². The van der Waals surface area contributed by atoms with Crippen molar-refractivity contribution < 1.29 is 14.4 Å². The number of aromatic nitrogens is 1. The molecule has 0 aliphatic heterocycles. The van der Waals surface area contributed by atoms with Gasteiger partial charge in [0.1, 0.15) is 0 Å². The number of carbonyl (C=O) groups excluding carboxylic acids is 1. The highest BCUT2D eigenvalue weighted by atomic mass is 32.1. The van der Waals surface area contributed by atoms with E-state index in [1.54, 1.807) is 37.3 Å². The van der Waals surface area contributed by atoms with Crippen LogP contribution in [0.5, 0.6) is 0 Å². The number of hydrogen-bond donors (Lipinski definition) is 2. The van der Waals surface area contributed by atoms with E-state index in [9.17, 15) is 14.7 Å². The number of nitrogens with one attached hydrogen (secondary N) is 1. The fourth-order valence-corrected chi connectivity index (χ4v) is 4.05. The van der Waals surface area contributed by atoms with Gasteiger partial charge in [0.15, 0.2) is 5.60 Å². The molecular weight excluding hydrogens is 388 g/mol. The average molecular weight is 406 g/mol. The Hall–Kier alpha value is -3.29. The van der Waals surface area contributed by atoms with Crippen molar-refractivity contribution in [3.63, 3.8) is 0 Å². The fraction of sp³-hybridized carbons (Fsp3) is 0.136. The number of aliphatic hydroxyl groups is 1. The quantitative estimate of drug-likeness (QED) is 0.528. The highest BCUT2D eigenvalue weighted by molar-refractivity contribution is 7.10. The topological polar surface area (TPSA) is 92.4 Å². The third kappa shape index (κ3) is 3.70. The number of nitrogens with zero attached hydrogens (tertiary/aromatic N) is 1. The van der Waals surface area contributed by atoms with Crippen molar-refractivity contribution in [3.05, 3.63) is 92.6 Å². The van der Waals surface area contributed by atoms with Gasteiger partial charge in [0.05, 0.1) is 11.1 Å². The first kappa shape index (κ1) is 19.0. The van der Waals surface area contributed by atoms with Gasteiger partial charge in [-0.15, -0.1) is 11.3 Å². The van der Waals surface area contributed by atoms with Crippen LogP contribution in [0.2, 0.25) is 0 Å². The first-order valence-corrected chi connectivity index (χ1v) is 9.87. The van der Waals surface area contributed by atoms with Crippen molar-refractivity contribution in [2.24, 2.45) is 0 Å². The monoisotopic (exact) mass is 406 g/mol. The highest BCUT2D eigenvalue weighted by Gasteiger charge is 2.39. The van der Waals surface area contributed by atoms with Crippen LogP contribution >= 0.6 is 11.3 Å². The minimum atomic E-state index is -1.73. The lowest BCUT2D eigenvalue weighted by Gasteiger charge is -2.26. The van der Waals surface area contributed by atoms with E-state index in [4.69, 9.17) is 4.52 Å². The second kappa shape index (κ2) is 7.62. The molecule has 2 aromatic heterocycles. The number of amides is 1. The molecule has 0 aliphatic rings. The van der Waals surface area contributed by atoms with Crippen LogP contribution in [0.3, 0.4) is 0 Å². The summed E-state index contributed by atoms with van der Waals surface area (Å²) in [5.41, 5.74) is -0.431. The van der Waals surface area contributed by atoms with E-state index in [0.717, 1.165) is 5.56 Å². The molecule has 1 amide bonds. The van der Waals surface area contributed by atoms with Crippen LogP contribution in [0.1, 0.15) is 16.1 Å². The Bertz CT molecular complexity index is 1220. The number of anilines is 1.